The summed E-state index contributed by atoms with van der Waals surface area (Å²) in [5.41, 5.74) is 2.41. The molecule has 1 aliphatic heterocycles. The molecule has 0 spiro atoms. The smallest absolute Gasteiger partial charge is 0.0980 e. The van der Waals surface area contributed by atoms with E-state index in [2.05, 4.69) is 28.7 Å². The Hall–Kier alpha value is -1.65. The molecule has 0 aliphatic carbocycles. The summed E-state index contributed by atoms with van der Waals surface area (Å²) < 4.78 is 7.67. The van der Waals surface area contributed by atoms with Gasteiger partial charge in [0.2, 0.25) is 0 Å². The Labute approximate surface area is 107 Å². The van der Waals surface area contributed by atoms with Gasteiger partial charge in [0, 0.05) is 24.8 Å². The highest BCUT2D eigenvalue weighted by Gasteiger charge is 2.17. The molecule has 18 heavy (non-hydrogen) atoms. The number of nitrogens with zero attached hydrogens (tertiary/aromatic N) is 2. The van der Waals surface area contributed by atoms with Gasteiger partial charge in [-0.15, -0.1) is 0 Å². The molecule has 1 atom stereocenters. The number of hydrogen-bond donors (Lipinski definition) is 1. The number of nitrogens with one attached hydrogen (secondary N) is 1. The van der Waals surface area contributed by atoms with Crippen molar-refractivity contribution in [2.75, 3.05) is 19.7 Å². The number of benzene rings is 1. The molecule has 1 N–H and O–H groups in total. The zero-order valence-electron chi connectivity index (χ0n) is 10.2. The third-order valence-electron chi connectivity index (χ3n) is 3.14. The molecular weight excluding hydrogens is 226 g/mol. The van der Waals surface area contributed by atoms with Crippen molar-refractivity contribution in [2.24, 2.45) is 0 Å². The first-order valence-corrected chi connectivity index (χ1v) is 6.30. The van der Waals surface area contributed by atoms with E-state index >= 15 is 0 Å². The van der Waals surface area contributed by atoms with Gasteiger partial charge >= 0.3 is 0 Å². The van der Waals surface area contributed by atoms with Gasteiger partial charge in [0.25, 0.3) is 0 Å². The lowest BCUT2D eigenvalue weighted by molar-refractivity contribution is 0.0276. The molecule has 0 radical (unpaired) electrons. The molecule has 0 bridgehead atoms. The van der Waals surface area contributed by atoms with Crippen LogP contribution in [0, 0.1) is 0 Å². The summed E-state index contributed by atoms with van der Waals surface area (Å²) in [6.45, 7) is 3.39. The molecule has 1 aromatic heterocycles. The first-order valence-electron chi connectivity index (χ1n) is 6.30. The Morgan fingerprint density at radius 1 is 1.33 bits per heavy atom. The van der Waals surface area contributed by atoms with E-state index in [4.69, 9.17) is 4.74 Å². The second kappa shape index (κ2) is 5.33. The Morgan fingerprint density at radius 2 is 2.22 bits per heavy atom. The normalized spacial score (nSPS) is 19.9. The average molecular weight is 243 g/mol. The number of hydrogen-bond acceptors (Lipinski definition) is 3. The topological polar surface area (TPSA) is 39.1 Å². The van der Waals surface area contributed by atoms with Crippen molar-refractivity contribution in [3.63, 3.8) is 0 Å². The van der Waals surface area contributed by atoms with E-state index in [-0.39, 0.29) is 6.10 Å². The van der Waals surface area contributed by atoms with Crippen LogP contribution in [0.2, 0.25) is 0 Å². The third-order valence-corrected chi connectivity index (χ3v) is 3.14. The second-order valence-electron chi connectivity index (χ2n) is 4.52. The van der Waals surface area contributed by atoms with Crippen molar-refractivity contribution in [3.8, 4) is 0 Å². The lowest BCUT2D eigenvalue weighted by Crippen LogP contribution is -2.33. The number of morpholine rings is 1. The number of aromatic nitrogens is 2. The maximum atomic E-state index is 5.71. The van der Waals surface area contributed by atoms with E-state index in [0.717, 1.165) is 31.8 Å². The molecule has 2 heterocycles. The zero-order chi connectivity index (χ0) is 12.2. The molecular formula is C14H17N3O. The molecule has 0 amide bonds. The van der Waals surface area contributed by atoms with Crippen LogP contribution in [0.25, 0.3) is 0 Å². The Balaban J connectivity index is 1.69. The maximum Gasteiger partial charge on any atom is 0.0980 e. The summed E-state index contributed by atoms with van der Waals surface area (Å²) in [7, 11) is 0. The maximum absolute atomic E-state index is 5.71. The standard InChI is InChI=1S/C14H17N3O/c1-2-4-12(5-3-1)10-17-11-13(8-16-17)14-9-15-6-7-18-14/h1-5,8,11,14-15H,6-7,9-10H2. The second-order valence-corrected chi connectivity index (χ2v) is 4.52. The van der Waals surface area contributed by atoms with Crippen LogP contribution in [-0.2, 0) is 11.3 Å². The molecule has 4 nitrogen and oxygen atoms in total. The Kier molecular flexibility index (Phi) is 3.39. The SMILES string of the molecule is c1ccc(Cn2cc(C3CNCCO3)cn2)cc1. The van der Waals surface area contributed by atoms with E-state index in [9.17, 15) is 0 Å². The minimum Gasteiger partial charge on any atom is -0.371 e. The highest BCUT2D eigenvalue weighted by Crippen LogP contribution is 2.18. The monoisotopic (exact) mass is 243 g/mol. The fraction of sp³-hybridized carbons (Fsp3) is 0.357. The summed E-state index contributed by atoms with van der Waals surface area (Å²) in [6, 6.07) is 10.3. The summed E-state index contributed by atoms with van der Waals surface area (Å²) in [4.78, 5) is 0. The van der Waals surface area contributed by atoms with Crippen LogP contribution in [0.3, 0.4) is 0 Å². The van der Waals surface area contributed by atoms with Crippen LogP contribution in [-0.4, -0.2) is 29.5 Å². The van der Waals surface area contributed by atoms with Crippen LogP contribution in [0.4, 0.5) is 0 Å². The summed E-state index contributed by atoms with van der Waals surface area (Å²) in [5.74, 6) is 0. The van der Waals surface area contributed by atoms with Crippen molar-refractivity contribution >= 4 is 0 Å². The molecule has 1 fully saturated rings. The van der Waals surface area contributed by atoms with Gasteiger partial charge in [0.15, 0.2) is 0 Å². The predicted molar refractivity (Wildman–Crippen MR) is 69.3 cm³/mol. The fourth-order valence-electron chi connectivity index (χ4n) is 2.18. The largest absolute Gasteiger partial charge is 0.371 e. The van der Waals surface area contributed by atoms with E-state index < -0.39 is 0 Å². The Morgan fingerprint density at radius 3 is 3.00 bits per heavy atom. The van der Waals surface area contributed by atoms with Crippen molar-refractivity contribution in [1.29, 1.82) is 0 Å². The first kappa shape index (κ1) is 11.4. The molecule has 0 saturated carbocycles. The van der Waals surface area contributed by atoms with Gasteiger partial charge < -0.3 is 10.1 Å². The van der Waals surface area contributed by atoms with Crippen LogP contribution >= 0.6 is 0 Å². The van der Waals surface area contributed by atoms with Gasteiger partial charge in [-0.05, 0) is 5.56 Å². The summed E-state index contributed by atoms with van der Waals surface area (Å²) >= 11 is 0. The third kappa shape index (κ3) is 2.60. The molecule has 2 aromatic rings. The van der Waals surface area contributed by atoms with Gasteiger partial charge in [-0.25, -0.2) is 0 Å². The highest BCUT2D eigenvalue weighted by atomic mass is 16.5. The molecule has 4 heteroatoms. The summed E-state index contributed by atoms with van der Waals surface area (Å²) in [6.07, 6.45) is 4.12. The predicted octanol–water partition coefficient (Wildman–Crippen LogP) is 1.59. The van der Waals surface area contributed by atoms with Crippen molar-refractivity contribution in [2.45, 2.75) is 12.6 Å². The number of rotatable bonds is 3. The zero-order valence-corrected chi connectivity index (χ0v) is 10.2. The van der Waals surface area contributed by atoms with Crippen molar-refractivity contribution < 1.29 is 4.74 Å². The van der Waals surface area contributed by atoms with E-state index in [1.807, 2.05) is 29.1 Å². The lowest BCUT2D eigenvalue weighted by Gasteiger charge is -2.22. The molecule has 94 valence electrons. The number of ether oxygens (including phenoxy) is 1. The van der Waals surface area contributed by atoms with Gasteiger partial charge in [0.1, 0.15) is 0 Å². The van der Waals surface area contributed by atoms with Crippen LogP contribution in [0.1, 0.15) is 17.2 Å². The molecule has 1 saturated heterocycles. The minimum absolute atomic E-state index is 0.142. The summed E-state index contributed by atoms with van der Waals surface area (Å²) in [5, 5.41) is 7.73. The van der Waals surface area contributed by atoms with E-state index in [1.54, 1.807) is 0 Å². The molecule has 1 unspecified atom stereocenters. The Bertz CT molecular complexity index is 489. The average Bonchev–Trinajstić information content (AvgIpc) is 2.89. The molecule has 3 rings (SSSR count). The molecule has 1 aliphatic rings. The van der Waals surface area contributed by atoms with Gasteiger partial charge in [-0.1, -0.05) is 30.3 Å². The van der Waals surface area contributed by atoms with Crippen LogP contribution in [0.15, 0.2) is 42.7 Å². The van der Waals surface area contributed by atoms with Gasteiger partial charge in [-0.3, -0.25) is 4.68 Å². The van der Waals surface area contributed by atoms with Crippen LogP contribution < -0.4 is 5.32 Å². The highest BCUT2D eigenvalue weighted by molar-refractivity contribution is 5.16. The van der Waals surface area contributed by atoms with Gasteiger partial charge in [-0.2, -0.15) is 5.10 Å². The molecule has 1 aromatic carbocycles. The van der Waals surface area contributed by atoms with Crippen molar-refractivity contribution in [3.05, 3.63) is 53.9 Å². The fourth-order valence-corrected chi connectivity index (χ4v) is 2.18. The first-order chi connectivity index (χ1) is 8.92. The van der Waals surface area contributed by atoms with Crippen molar-refractivity contribution in [1.82, 2.24) is 15.1 Å². The minimum atomic E-state index is 0.142. The quantitative estimate of drug-likeness (QED) is 0.890. The van der Waals surface area contributed by atoms with E-state index in [1.165, 1.54) is 5.56 Å². The van der Waals surface area contributed by atoms with E-state index in [0.29, 0.717) is 0 Å². The van der Waals surface area contributed by atoms with Crippen LogP contribution in [0.5, 0.6) is 0 Å². The lowest BCUT2D eigenvalue weighted by atomic mass is 10.2. The van der Waals surface area contributed by atoms with Gasteiger partial charge in [0.05, 0.1) is 25.5 Å².